The number of rotatable bonds is 8. The second-order valence-electron chi connectivity index (χ2n) is 8.39. The van der Waals surface area contributed by atoms with Gasteiger partial charge in [0.25, 0.3) is 0 Å². The third kappa shape index (κ3) is 4.84. The third-order valence-corrected chi connectivity index (χ3v) is 6.09. The Morgan fingerprint density at radius 1 is 1.04 bits per heavy atom. The summed E-state index contributed by atoms with van der Waals surface area (Å²) >= 11 is 0. The average Bonchev–Trinajstić information content (AvgIpc) is 2.80. The summed E-state index contributed by atoms with van der Waals surface area (Å²) in [5.41, 5.74) is 5.10. The van der Waals surface area contributed by atoms with Crippen molar-refractivity contribution in [3.63, 3.8) is 0 Å². The summed E-state index contributed by atoms with van der Waals surface area (Å²) in [6.07, 6.45) is 14.8. The van der Waals surface area contributed by atoms with E-state index >= 15 is 0 Å². The molecule has 2 nitrogen and oxygen atoms in total. The van der Waals surface area contributed by atoms with Crippen LogP contribution in [-0.4, -0.2) is 11.7 Å². The molecule has 0 saturated carbocycles. The van der Waals surface area contributed by atoms with Gasteiger partial charge in [-0.2, -0.15) is 0 Å². The first-order chi connectivity index (χ1) is 12.7. The number of hydrogen-bond acceptors (Lipinski definition) is 2. The summed E-state index contributed by atoms with van der Waals surface area (Å²) in [5.74, 6) is 2.05. The number of hydrogen-bond donors (Lipinski definition) is 1. The molecule has 2 aliphatic rings. The predicted molar refractivity (Wildman–Crippen MR) is 110 cm³/mol. The molecule has 2 heteroatoms. The molecule has 0 spiro atoms. The van der Waals surface area contributed by atoms with Crippen molar-refractivity contribution in [3.05, 3.63) is 28.8 Å². The second-order valence-corrected chi connectivity index (χ2v) is 8.39. The summed E-state index contributed by atoms with van der Waals surface area (Å²) in [6, 6.07) is 4.19. The zero-order valence-electron chi connectivity index (χ0n) is 16.8. The molecule has 1 aromatic carbocycles. The fourth-order valence-corrected chi connectivity index (χ4v) is 4.51. The molecular formula is C24H36O2. The van der Waals surface area contributed by atoms with Crippen LogP contribution >= 0.6 is 0 Å². The summed E-state index contributed by atoms with van der Waals surface area (Å²) in [6.45, 7) is 5.33. The average molecular weight is 357 g/mol. The van der Waals surface area contributed by atoms with E-state index in [1.165, 1.54) is 74.5 Å². The Balaban J connectivity index is 1.64. The Morgan fingerprint density at radius 3 is 2.62 bits per heavy atom. The van der Waals surface area contributed by atoms with E-state index in [9.17, 15) is 5.11 Å². The van der Waals surface area contributed by atoms with Crippen molar-refractivity contribution in [1.82, 2.24) is 0 Å². The molecule has 1 aliphatic heterocycles. The summed E-state index contributed by atoms with van der Waals surface area (Å²) in [7, 11) is 0. The van der Waals surface area contributed by atoms with Crippen LogP contribution in [0.25, 0.3) is 5.57 Å². The van der Waals surface area contributed by atoms with Gasteiger partial charge in [0.2, 0.25) is 0 Å². The molecule has 1 aromatic rings. The quantitative estimate of drug-likeness (QED) is 0.506. The SMILES string of the molecule is CCCCCCCCCc1cc(O)c2c(c1)OCCC1=C2CC(C)CC1. The van der Waals surface area contributed by atoms with Crippen LogP contribution in [0.2, 0.25) is 0 Å². The number of unbranched alkanes of at least 4 members (excludes halogenated alkanes) is 6. The van der Waals surface area contributed by atoms with Gasteiger partial charge < -0.3 is 9.84 Å². The molecule has 26 heavy (non-hydrogen) atoms. The van der Waals surface area contributed by atoms with Crippen molar-refractivity contribution < 1.29 is 9.84 Å². The molecule has 0 bridgehead atoms. The van der Waals surface area contributed by atoms with Gasteiger partial charge in [-0.3, -0.25) is 0 Å². The number of allylic oxidation sites excluding steroid dienone is 1. The fraction of sp³-hybridized carbons (Fsp3) is 0.667. The third-order valence-electron chi connectivity index (χ3n) is 6.09. The molecule has 144 valence electrons. The van der Waals surface area contributed by atoms with Gasteiger partial charge >= 0.3 is 0 Å². The minimum atomic E-state index is 0.434. The molecule has 3 rings (SSSR count). The smallest absolute Gasteiger partial charge is 0.130 e. The molecule has 1 N–H and O–H groups in total. The monoisotopic (exact) mass is 356 g/mol. The molecule has 0 saturated heterocycles. The van der Waals surface area contributed by atoms with E-state index in [0.717, 1.165) is 37.2 Å². The molecular weight excluding hydrogens is 320 g/mol. The second kappa shape index (κ2) is 9.48. The van der Waals surface area contributed by atoms with Crippen molar-refractivity contribution in [2.75, 3.05) is 6.61 Å². The van der Waals surface area contributed by atoms with Crippen molar-refractivity contribution in [3.8, 4) is 11.5 Å². The number of benzene rings is 1. The highest BCUT2D eigenvalue weighted by Gasteiger charge is 2.26. The highest BCUT2D eigenvalue weighted by molar-refractivity contribution is 5.79. The van der Waals surface area contributed by atoms with Gasteiger partial charge in [0.05, 0.1) is 12.2 Å². The molecule has 1 unspecified atom stereocenters. The molecule has 0 amide bonds. The first-order valence-corrected chi connectivity index (χ1v) is 10.9. The maximum Gasteiger partial charge on any atom is 0.130 e. The highest BCUT2D eigenvalue weighted by atomic mass is 16.5. The van der Waals surface area contributed by atoms with E-state index in [-0.39, 0.29) is 0 Å². The largest absolute Gasteiger partial charge is 0.507 e. The number of phenols is 1. The zero-order chi connectivity index (χ0) is 18.4. The van der Waals surface area contributed by atoms with E-state index in [4.69, 9.17) is 4.74 Å². The molecule has 0 radical (unpaired) electrons. The number of phenolic OH excluding ortho intramolecular Hbond substituents is 1. The first kappa shape index (κ1) is 19.3. The lowest BCUT2D eigenvalue weighted by Gasteiger charge is -2.24. The topological polar surface area (TPSA) is 29.5 Å². The minimum absolute atomic E-state index is 0.434. The van der Waals surface area contributed by atoms with Crippen molar-refractivity contribution in [2.45, 2.75) is 90.9 Å². The van der Waals surface area contributed by atoms with Crippen molar-refractivity contribution in [1.29, 1.82) is 0 Å². The molecule has 1 atom stereocenters. The summed E-state index contributed by atoms with van der Waals surface area (Å²) < 4.78 is 6.07. The number of aryl methyl sites for hydroxylation is 1. The lowest BCUT2D eigenvalue weighted by Crippen LogP contribution is -2.07. The van der Waals surface area contributed by atoms with Crippen LogP contribution in [0.1, 0.15) is 95.6 Å². The van der Waals surface area contributed by atoms with E-state index < -0.39 is 0 Å². The van der Waals surface area contributed by atoms with Gasteiger partial charge in [-0.1, -0.05) is 57.9 Å². The molecule has 1 aliphatic carbocycles. The molecule has 0 aromatic heterocycles. The van der Waals surface area contributed by atoms with Crippen molar-refractivity contribution in [2.24, 2.45) is 5.92 Å². The van der Waals surface area contributed by atoms with Crippen LogP contribution in [0.15, 0.2) is 17.7 Å². The van der Waals surface area contributed by atoms with Gasteiger partial charge in [-0.15, -0.1) is 0 Å². The van der Waals surface area contributed by atoms with Gasteiger partial charge in [0.15, 0.2) is 0 Å². The van der Waals surface area contributed by atoms with E-state index in [1.54, 1.807) is 0 Å². The summed E-state index contributed by atoms with van der Waals surface area (Å²) in [5, 5.41) is 10.8. The van der Waals surface area contributed by atoms with Crippen molar-refractivity contribution >= 4 is 5.57 Å². The molecule has 0 fully saturated rings. The Kier molecular flexibility index (Phi) is 7.05. The van der Waals surface area contributed by atoms with E-state index in [1.807, 2.05) is 6.07 Å². The standard InChI is InChI=1S/C24H36O2/c1-3-4-5-6-7-8-9-10-19-16-22(25)24-21-15-18(2)11-12-20(21)13-14-26-23(24)17-19/h16-18,25H,3-15H2,1-2H3. The Bertz CT molecular complexity index is 629. The number of fused-ring (bicyclic) bond motifs is 2. The normalized spacial score (nSPS) is 19.5. The van der Waals surface area contributed by atoms with Gasteiger partial charge in [-0.05, 0) is 61.3 Å². The summed E-state index contributed by atoms with van der Waals surface area (Å²) in [4.78, 5) is 0. The Hall–Kier alpha value is -1.44. The van der Waals surface area contributed by atoms with Crippen LogP contribution < -0.4 is 4.74 Å². The van der Waals surface area contributed by atoms with Crippen LogP contribution in [0.4, 0.5) is 0 Å². The Morgan fingerprint density at radius 2 is 1.81 bits per heavy atom. The maximum atomic E-state index is 10.8. The highest BCUT2D eigenvalue weighted by Crippen LogP contribution is 2.46. The van der Waals surface area contributed by atoms with Gasteiger partial charge in [0, 0.05) is 6.42 Å². The lowest BCUT2D eigenvalue weighted by molar-refractivity contribution is 0.319. The first-order valence-electron chi connectivity index (χ1n) is 10.9. The molecule has 1 heterocycles. The van der Waals surface area contributed by atoms with E-state index in [2.05, 4.69) is 19.9 Å². The zero-order valence-corrected chi connectivity index (χ0v) is 16.8. The minimum Gasteiger partial charge on any atom is -0.507 e. The fourth-order valence-electron chi connectivity index (χ4n) is 4.51. The lowest BCUT2D eigenvalue weighted by atomic mass is 9.80. The Labute approximate surface area is 159 Å². The predicted octanol–water partition coefficient (Wildman–Crippen LogP) is 7.04. The van der Waals surface area contributed by atoms with Crippen LogP contribution in [0.5, 0.6) is 11.5 Å². The number of ether oxygens (including phenoxy) is 1. The van der Waals surface area contributed by atoms with Gasteiger partial charge in [0.1, 0.15) is 11.5 Å². The van der Waals surface area contributed by atoms with Crippen LogP contribution in [0.3, 0.4) is 0 Å². The van der Waals surface area contributed by atoms with E-state index in [0.29, 0.717) is 11.7 Å². The van der Waals surface area contributed by atoms with Crippen LogP contribution in [-0.2, 0) is 6.42 Å². The van der Waals surface area contributed by atoms with Crippen LogP contribution in [0, 0.1) is 5.92 Å². The van der Waals surface area contributed by atoms with Gasteiger partial charge in [-0.25, -0.2) is 0 Å². The number of aromatic hydroxyl groups is 1. The maximum absolute atomic E-state index is 10.8.